The Morgan fingerprint density at radius 3 is 2.85 bits per heavy atom. The van der Waals surface area contributed by atoms with Gasteiger partial charge < -0.3 is 4.74 Å². The van der Waals surface area contributed by atoms with Crippen LogP contribution in [0, 0.1) is 0 Å². The summed E-state index contributed by atoms with van der Waals surface area (Å²) in [6.45, 7) is 0.426. The van der Waals surface area contributed by atoms with Gasteiger partial charge in [-0.2, -0.15) is 9.40 Å². The molecule has 20 heavy (non-hydrogen) atoms. The Bertz CT molecular complexity index is 581. The van der Waals surface area contributed by atoms with Gasteiger partial charge in [0, 0.05) is 19.6 Å². The zero-order valence-corrected chi connectivity index (χ0v) is 12.5. The summed E-state index contributed by atoms with van der Waals surface area (Å²) in [6.07, 6.45) is 3.93. The van der Waals surface area contributed by atoms with Crippen molar-refractivity contribution < 1.29 is 17.9 Å². The third-order valence-electron chi connectivity index (χ3n) is 3.55. The van der Waals surface area contributed by atoms with E-state index >= 15 is 0 Å². The predicted octanol–water partition coefficient (Wildman–Crippen LogP) is 0.526. The summed E-state index contributed by atoms with van der Waals surface area (Å²) in [5.74, 6) is -0.387. The summed E-state index contributed by atoms with van der Waals surface area (Å²) in [7, 11) is -0.726. The third-order valence-corrected chi connectivity index (χ3v) is 5.58. The van der Waals surface area contributed by atoms with E-state index < -0.39 is 10.0 Å². The molecule has 1 unspecified atom stereocenters. The number of ether oxygens (including phenoxy) is 1. The van der Waals surface area contributed by atoms with Gasteiger partial charge in [0.15, 0.2) is 5.03 Å². The van der Waals surface area contributed by atoms with Crippen LogP contribution in [-0.4, -0.2) is 48.2 Å². The summed E-state index contributed by atoms with van der Waals surface area (Å²) in [4.78, 5) is 11.4. The Labute approximate surface area is 118 Å². The van der Waals surface area contributed by atoms with E-state index in [0.717, 1.165) is 12.8 Å². The second-order valence-corrected chi connectivity index (χ2v) is 6.68. The van der Waals surface area contributed by atoms with Gasteiger partial charge in [-0.1, -0.05) is 6.42 Å². The maximum Gasteiger partial charge on any atom is 0.307 e. The summed E-state index contributed by atoms with van der Waals surface area (Å²) >= 11 is 0. The van der Waals surface area contributed by atoms with Gasteiger partial charge in [0.1, 0.15) is 0 Å². The van der Waals surface area contributed by atoms with Crippen molar-refractivity contribution in [1.82, 2.24) is 14.1 Å². The number of aryl methyl sites for hydroxylation is 1. The van der Waals surface area contributed by atoms with E-state index in [9.17, 15) is 13.2 Å². The van der Waals surface area contributed by atoms with Crippen LogP contribution in [0.15, 0.2) is 17.3 Å². The van der Waals surface area contributed by atoms with Crippen molar-refractivity contribution in [3.05, 3.63) is 12.3 Å². The summed E-state index contributed by atoms with van der Waals surface area (Å²) in [6, 6.07) is 1.13. The van der Waals surface area contributed by atoms with E-state index in [1.54, 1.807) is 7.05 Å². The molecule has 1 aliphatic heterocycles. The summed E-state index contributed by atoms with van der Waals surface area (Å²) in [5.41, 5.74) is 0. The topological polar surface area (TPSA) is 81.5 Å². The highest BCUT2D eigenvalue weighted by atomic mass is 32.2. The Hall–Kier alpha value is -1.41. The first kappa shape index (κ1) is 15.0. The molecule has 7 nitrogen and oxygen atoms in total. The summed E-state index contributed by atoms with van der Waals surface area (Å²) in [5, 5.41) is 4.05. The highest BCUT2D eigenvalue weighted by Crippen LogP contribution is 2.26. The van der Waals surface area contributed by atoms with Crippen LogP contribution in [0.2, 0.25) is 0 Å². The van der Waals surface area contributed by atoms with Crippen molar-refractivity contribution in [2.24, 2.45) is 7.05 Å². The number of nitrogens with zero attached hydrogens (tertiary/aromatic N) is 3. The van der Waals surface area contributed by atoms with Crippen LogP contribution in [0.5, 0.6) is 0 Å². The number of piperidine rings is 1. The number of aromatic nitrogens is 2. The molecule has 1 aliphatic rings. The highest BCUT2D eigenvalue weighted by Gasteiger charge is 2.36. The van der Waals surface area contributed by atoms with Crippen LogP contribution in [0.4, 0.5) is 0 Å². The van der Waals surface area contributed by atoms with E-state index in [1.807, 2.05) is 0 Å². The number of esters is 1. The lowest BCUT2D eigenvalue weighted by Crippen LogP contribution is -2.45. The first-order valence-electron chi connectivity index (χ1n) is 6.53. The molecule has 0 saturated carbocycles. The van der Waals surface area contributed by atoms with Crippen molar-refractivity contribution >= 4 is 16.0 Å². The van der Waals surface area contributed by atoms with Gasteiger partial charge in [-0.15, -0.1) is 0 Å². The Balaban J connectivity index is 2.28. The molecule has 1 fully saturated rings. The molecule has 0 aromatic carbocycles. The minimum Gasteiger partial charge on any atom is -0.469 e. The largest absolute Gasteiger partial charge is 0.469 e. The maximum atomic E-state index is 12.7. The molecule has 8 heteroatoms. The van der Waals surface area contributed by atoms with Gasteiger partial charge >= 0.3 is 5.97 Å². The molecule has 1 aromatic heterocycles. The number of rotatable bonds is 4. The minimum absolute atomic E-state index is 0.0909. The van der Waals surface area contributed by atoms with E-state index in [1.165, 1.54) is 28.4 Å². The average Bonchev–Trinajstić information content (AvgIpc) is 2.86. The molecule has 0 amide bonds. The molecule has 0 spiro atoms. The van der Waals surface area contributed by atoms with Crippen LogP contribution < -0.4 is 0 Å². The van der Waals surface area contributed by atoms with Crippen LogP contribution in [0.1, 0.15) is 25.7 Å². The van der Waals surface area contributed by atoms with Gasteiger partial charge in [0.25, 0.3) is 10.0 Å². The highest BCUT2D eigenvalue weighted by molar-refractivity contribution is 7.89. The molecule has 1 atom stereocenters. The first-order chi connectivity index (χ1) is 9.46. The van der Waals surface area contributed by atoms with Gasteiger partial charge in [-0.25, -0.2) is 8.42 Å². The number of hydrogen-bond donors (Lipinski definition) is 0. The molecular weight excluding hydrogens is 282 g/mol. The molecule has 0 N–H and O–H groups in total. The maximum absolute atomic E-state index is 12.7. The van der Waals surface area contributed by atoms with Crippen LogP contribution in [-0.2, 0) is 26.6 Å². The number of carbonyl (C=O) groups is 1. The second kappa shape index (κ2) is 5.92. The molecule has 0 bridgehead atoms. The Kier molecular flexibility index (Phi) is 4.44. The normalized spacial score (nSPS) is 20.8. The number of hydrogen-bond acceptors (Lipinski definition) is 5. The van der Waals surface area contributed by atoms with Gasteiger partial charge in [0.2, 0.25) is 0 Å². The summed E-state index contributed by atoms with van der Waals surface area (Å²) < 4.78 is 32.7. The Morgan fingerprint density at radius 2 is 2.25 bits per heavy atom. The monoisotopic (exact) mass is 301 g/mol. The second-order valence-electron chi connectivity index (χ2n) is 4.84. The van der Waals surface area contributed by atoms with Crippen molar-refractivity contribution in [3.63, 3.8) is 0 Å². The molecule has 1 aromatic rings. The van der Waals surface area contributed by atoms with Crippen LogP contribution >= 0.6 is 0 Å². The molecule has 2 rings (SSSR count). The van der Waals surface area contributed by atoms with Gasteiger partial charge in [-0.3, -0.25) is 9.48 Å². The molecule has 2 heterocycles. The van der Waals surface area contributed by atoms with Crippen molar-refractivity contribution in [2.75, 3.05) is 13.7 Å². The average molecular weight is 301 g/mol. The van der Waals surface area contributed by atoms with E-state index in [-0.39, 0.29) is 23.5 Å². The predicted molar refractivity (Wildman–Crippen MR) is 71.4 cm³/mol. The van der Waals surface area contributed by atoms with Crippen LogP contribution in [0.25, 0.3) is 0 Å². The molecular formula is C12H19N3O4S. The Morgan fingerprint density at radius 1 is 1.50 bits per heavy atom. The first-order valence-corrected chi connectivity index (χ1v) is 7.97. The smallest absolute Gasteiger partial charge is 0.307 e. The number of carbonyl (C=O) groups excluding carboxylic acids is 1. The lowest BCUT2D eigenvalue weighted by molar-refractivity contribution is -0.141. The molecule has 0 radical (unpaired) electrons. The quantitative estimate of drug-likeness (QED) is 0.758. The SMILES string of the molecule is COC(=O)CC1CCCCN1S(=O)(=O)c1ccnn1C. The molecule has 1 saturated heterocycles. The molecule has 0 aliphatic carbocycles. The van der Waals surface area contributed by atoms with Gasteiger partial charge in [0.05, 0.1) is 19.7 Å². The van der Waals surface area contributed by atoms with Crippen LogP contribution in [0.3, 0.4) is 0 Å². The lowest BCUT2D eigenvalue weighted by atomic mass is 10.0. The zero-order valence-electron chi connectivity index (χ0n) is 11.7. The minimum atomic E-state index is -3.63. The lowest BCUT2D eigenvalue weighted by Gasteiger charge is -2.33. The fourth-order valence-corrected chi connectivity index (χ4v) is 4.30. The fraction of sp³-hybridized carbons (Fsp3) is 0.667. The van der Waals surface area contributed by atoms with E-state index in [4.69, 9.17) is 0 Å². The van der Waals surface area contributed by atoms with Crippen molar-refractivity contribution in [3.8, 4) is 0 Å². The molecule has 112 valence electrons. The fourth-order valence-electron chi connectivity index (χ4n) is 2.51. The third kappa shape index (κ3) is 2.85. The van der Waals surface area contributed by atoms with E-state index in [0.29, 0.717) is 13.0 Å². The van der Waals surface area contributed by atoms with Crippen molar-refractivity contribution in [2.45, 2.75) is 36.8 Å². The van der Waals surface area contributed by atoms with Gasteiger partial charge in [-0.05, 0) is 18.9 Å². The number of methoxy groups -OCH3 is 1. The van der Waals surface area contributed by atoms with E-state index in [2.05, 4.69) is 9.84 Å². The standard InChI is InChI=1S/C12H19N3O4S/c1-14-11(6-7-13-14)20(17,18)15-8-4-3-5-10(15)9-12(16)19-2/h6-7,10H,3-5,8-9H2,1-2H3. The van der Waals surface area contributed by atoms with Crippen molar-refractivity contribution in [1.29, 1.82) is 0 Å². The number of sulfonamides is 1. The zero-order chi connectivity index (χ0) is 14.8.